The molecule has 3 N–H and O–H groups in total. The van der Waals surface area contributed by atoms with Crippen LogP contribution < -0.4 is 10.6 Å². The van der Waals surface area contributed by atoms with Crippen molar-refractivity contribution in [1.29, 1.82) is 0 Å². The van der Waals surface area contributed by atoms with E-state index in [4.69, 9.17) is 5.11 Å². The van der Waals surface area contributed by atoms with Gasteiger partial charge in [0.15, 0.2) is 0 Å². The van der Waals surface area contributed by atoms with Crippen LogP contribution in [0.4, 0.5) is 18.0 Å². The van der Waals surface area contributed by atoms with Crippen LogP contribution in [0, 0.1) is 5.92 Å². The Morgan fingerprint density at radius 1 is 1.17 bits per heavy atom. The van der Waals surface area contributed by atoms with Crippen LogP contribution in [0.25, 0.3) is 0 Å². The molecule has 2 aliphatic rings. The number of benzene rings is 1. The highest BCUT2D eigenvalue weighted by atomic mass is 32.2. The lowest BCUT2D eigenvalue weighted by Crippen LogP contribution is -2.52. The summed E-state index contributed by atoms with van der Waals surface area (Å²) >= 11 is 0. The first kappa shape index (κ1) is 26.8. The van der Waals surface area contributed by atoms with E-state index in [0.29, 0.717) is 12.8 Å². The molecular formula is C22H28F3N3O6S. The van der Waals surface area contributed by atoms with Gasteiger partial charge in [0.25, 0.3) is 5.91 Å². The van der Waals surface area contributed by atoms with Crippen molar-refractivity contribution in [3.63, 3.8) is 0 Å². The highest BCUT2D eigenvalue weighted by molar-refractivity contribution is 7.91. The summed E-state index contributed by atoms with van der Waals surface area (Å²) in [6, 6.07) is 2.07. The maximum absolute atomic E-state index is 13.1. The summed E-state index contributed by atoms with van der Waals surface area (Å²) in [6.45, 7) is 1.76. The molecule has 1 aliphatic carbocycles. The molecule has 1 heterocycles. The van der Waals surface area contributed by atoms with Gasteiger partial charge in [-0.3, -0.25) is 9.59 Å². The first-order valence-corrected chi connectivity index (χ1v) is 13.1. The van der Waals surface area contributed by atoms with Gasteiger partial charge in [-0.1, -0.05) is 13.0 Å². The SMILES string of the molecule is CCS(=O)(=O)C[C@@H]1C[C@H](NC(=O)O)CC[C@@H]1N1CC[C@H](NC(=O)c2cccc(C(F)(F)F)c2)C1=O. The third-order valence-corrected chi connectivity index (χ3v) is 8.39. The predicted molar refractivity (Wildman–Crippen MR) is 119 cm³/mol. The Labute approximate surface area is 201 Å². The Balaban J connectivity index is 1.72. The molecule has 1 aliphatic heterocycles. The Morgan fingerprint density at radius 3 is 2.51 bits per heavy atom. The summed E-state index contributed by atoms with van der Waals surface area (Å²) in [5.74, 6) is -2.02. The number of nitrogens with zero attached hydrogens (tertiary/aromatic N) is 1. The summed E-state index contributed by atoms with van der Waals surface area (Å²) in [5, 5.41) is 13.9. The van der Waals surface area contributed by atoms with Gasteiger partial charge in [0.05, 0.1) is 11.3 Å². The third kappa shape index (κ3) is 6.65. The minimum Gasteiger partial charge on any atom is -0.465 e. The number of likely N-dealkylation sites (tertiary alicyclic amines) is 1. The molecule has 2 fully saturated rings. The largest absolute Gasteiger partial charge is 0.465 e. The summed E-state index contributed by atoms with van der Waals surface area (Å²) in [7, 11) is -3.41. The normalized spacial score (nSPS) is 25.4. The van der Waals surface area contributed by atoms with Gasteiger partial charge in [0.1, 0.15) is 15.9 Å². The second-order valence-electron chi connectivity index (χ2n) is 8.91. The first-order chi connectivity index (χ1) is 16.3. The fourth-order valence-corrected chi connectivity index (χ4v) is 6.08. The number of carbonyl (C=O) groups excluding carboxylic acids is 2. The maximum Gasteiger partial charge on any atom is 0.416 e. The van der Waals surface area contributed by atoms with Crippen LogP contribution in [-0.4, -0.2) is 72.5 Å². The van der Waals surface area contributed by atoms with Gasteiger partial charge in [-0.15, -0.1) is 0 Å². The van der Waals surface area contributed by atoms with Gasteiger partial charge in [0.2, 0.25) is 5.91 Å². The molecule has 0 radical (unpaired) electrons. The molecule has 13 heteroatoms. The van der Waals surface area contributed by atoms with Crippen LogP contribution >= 0.6 is 0 Å². The van der Waals surface area contributed by atoms with E-state index in [1.807, 2.05) is 0 Å². The molecule has 1 saturated heterocycles. The second-order valence-corrected chi connectivity index (χ2v) is 11.3. The standard InChI is InChI=1S/C22H28F3N3O6S/c1-2-35(33,34)12-14-11-16(26-21(31)32)6-7-18(14)28-9-8-17(20(28)30)27-19(29)13-4-3-5-15(10-13)22(23,24)25/h3-5,10,14,16-18,26H,2,6-9,11-12H2,1H3,(H,27,29)(H,31,32)/t14-,16+,17-,18-/m0/s1. The van der Waals surface area contributed by atoms with Crippen LogP contribution in [0.15, 0.2) is 24.3 Å². The van der Waals surface area contributed by atoms with Gasteiger partial charge < -0.3 is 20.6 Å². The molecule has 35 heavy (non-hydrogen) atoms. The van der Waals surface area contributed by atoms with Crippen LogP contribution in [0.2, 0.25) is 0 Å². The summed E-state index contributed by atoms with van der Waals surface area (Å²) in [5.41, 5.74) is -1.20. The van der Waals surface area contributed by atoms with Crippen molar-refractivity contribution in [2.45, 2.75) is 56.9 Å². The molecule has 0 bridgehead atoms. The van der Waals surface area contributed by atoms with E-state index in [9.17, 15) is 36.0 Å². The zero-order chi connectivity index (χ0) is 26.0. The summed E-state index contributed by atoms with van der Waals surface area (Å²) in [6.07, 6.45) is -4.54. The van der Waals surface area contributed by atoms with Gasteiger partial charge in [-0.2, -0.15) is 13.2 Å². The van der Waals surface area contributed by atoms with Gasteiger partial charge in [-0.05, 0) is 49.8 Å². The van der Waals surface area contributed by atoms with Crippen molar-refractivity contribution in [2.75, 3.05) is 18.1 Å². The lowest BCUT2D eigenvalue weighted by atomic mass is 9.81. The minimum absolute atomic E-state index is 0.0864. The second kappa shape index (κ2) is 10.4. The van der Waals surface area contributed by atoms with E-state index in [1.165, 1.54) is 17.9 Å². The van der Waals surface area contributed by atoms with E-state index in [0.717, 1.165) is 18.2 Å². The van der Waals surface area contributed by atoms with E-state index >= 15 is 0 Å². The Bertz CT molecular complexity index is 1080. The number of rotatable bonds is 7. The highest BCUT2D eigenvalue weighted by Crippen LogP contribution is 2.33. The van der Waals surface area contributed by atoms with Crippen LogP contribution in [0.1, 0.15) is 48.5 Å². The van der Waals surface area contributed by atoms with E-state index < -0.39 is 63.5 Å². The lowest BCUT2D eigenvalue weighted by molar-refractivity contribution is -0.137. The van der Waals surface area contributed by atoms with E-state index in [1.54, 1.807) is 0 Å². The Kier molecular flexibility index (Phi) is 7.97. The fraction of sp³-hybridized carbons (Fsp3) is 0.591. The monoisotopic (exact) mass is 519 g/mol. The Morgan fingerprint density at radius 2 is 1.89 bits per heavy atom. The van der Waals surface area contributed by atoms with Gasteiger partial charge in [-0.25, -0.2) is 13.2 Å². The number of hydrogen-bond donors (Lipinski definition) is 3. The van der Waals surface area contributed by atoms with Crippen molar-refractivity contribution in [3.05, 3.63) is 35.4 Å². The smallest absolute Gasteiger partial charge is 0.416 e. The lowest BCUT2D eigenvalue weighted by Gasteiger charge is -2.41. The predicted octanol–water partition coefficient (Wildman–Crippen LogP) is 2.28. The van der Waals surface area contributed by atoms with Crippen molar-refractivity contribution >= 4 is 27.7 Å². The molecule has 3 rings (SSSR count). The van der Waals surface area contributed by atoms with Crippen LogP contribution in [0.3, 0.4) is 0 Å². The molecule has 0 spiro atoms. The quantitative estimate of drug-likeness (QED) is 0.506. The summed E-state index contributed by atoms with van der Waals surface area (Å²) < 4.78 is 63.5. The third-order valence-electron chi connectivity index (χ3n) is 6.58. The van der Waals surface area contributed by atoms with Crippen molar-refractivity contribution in [2.24, 2.45) is 5.92 Å². The number of carboxylic acid groups (broad SMARTS) is 1. The number of alkyl halides is 3. The molecule has 9 nitrogen and oxygen atoms in total. The van der Waals surface area contributed by atoms with Crippen molar-refractivity contribution in [1.82, 2.24) is 15.5 Å². The van der Waals surface area contributed by atoms with Gasteiger partial charge in [0, 0.05) is 29.9 Å². The zero-order valence-corrected chi connectivity index (χ0v) is 19.9. The molecule has 0 aromatic heterocycles. The number of hydrogen-bond acceptors (Lipinski definition) is 5. The van der Waals surface area contributed by atoms with Crippen LogP contribution in [0.5, 0.6) is 0 Å². The molecule has 194 valence electrons. The average molecular weight is 520 g/mol. The first-order valence-electron chi connectivity index (χ1n) is 11.3. The molecule has 3 amide bonds. The Hall–Kier alpha value is -2.83. The number of carbonyl (C=O) groups is 3. The minimum atomic E-state index is -4.61. The number of nitrogens with one attached hydrogen (secondary N) is 2. The summed E-state index contributed by atoms with van der Waals surface area (Å²) in [4.78, 5) is 38.2. The van der Waals surface area contributed by atoms with E-state index in [-0.39, 0.29) is 36.5 Å². The average Bonchev–Trinajstić information content (AvgIpc) is 3.12. The van der Waals surface area contributed by atoms with Crippen molar-refractivity contribution < 1.29 is 41.1 Å². The van der Waals surface area contributed by atoms with Gasteiger partial charge >= 0.3 is 12.3 Å². The zero-order valence-electron chi connectivity index (χ0n) is 19.0. The van der Waals surface area contributed by atoms with Crippen molar-refractivity contribution in [3.8, 4) is 0 Å². The molecule has 1 aromatic rings. The highest BCUT2D eigenvalue weighted by Gasteiger charge is 2.43. The number of halogens is 3. The number of sulfone groups is 1. The molecule has 1 aromatic carbocycles. The molecular weight excluding hydrogens is 491 g/mol. The molecule has 1 saturated carbocycles. The fourth-order valence-electron chi connectivity index (χ4n) is 4.83. The topological polar surface area (TPSA) is 133 Å². The van der Waals surface area contributed by atoms with Crippen LogP contribution in [-0.2, 0) is 20.8 Å². The van der Waals surface area contributed by atoms with E-state index in [2.05, 4.69) is 10.6 Å². The molecule has 0 unspecified atom stereocenters. The number of amides is 3. The molecule has 4 atom stereocenters. The maximum atomic E-state index is 13.1.